The van der Waals surface area contributed by atoms with Crippen LogP contribution in [-0.4, -0.2) is 64.5 Å². The van der Waals surface area contributed by atoms with E-state index in [9.17, 15) is 0 Å². The second-order valence-corrected chi connectivity index (χ2v) is 6.31. The zero-order valence-electron chi connectivity index (χ0n) is 14.1. The molecule has 0 radical (unpaired) electrons. The summed E-state index contributed by atoms with van der Waals surface area (Å²) in [6.07, 6.45) is 8.38. The fourth-order valence-electron chi connectivity index (χ4n) is 3.64. The molecule has 0 bridgehead atoms. The van der Waals surface area contributed by atoms with Crippen LogP contribution in [0.1, 0.15) is 38.5 Å². The van der Waals surface area contributed by atoms with Crippen LogP contribution in [0.5, 0.6) is 0 Å². The number of rotatable bonds is 6. The second kappa shape index (κ2) is 10.6. The Labute approximate surface area is 152 Å². The van der Waals surface area contributed by atoms with Gasteiger partial charge in [-0.15, -0.1) is 24.0 Å². The number of halogens is 1. The quantitative estimate of drug-likeness (QED) is 0.308. The molecule has 2 rings (SSSR count). The smallest absolute Gasteiger partial charge is 0.193 e. The van der Waals surface area contributed by atoms with E-state index in [-0.39, 0.29) is 24.0 Å². The highest BCUT2D eigenvalue weighted by molar-refractivity contribution is 14.0. The van der Waals surface area contributed by atoms with E-state index in [1.54, 1.807) is 7.11 Å². The monoisotopic (exact) mass is 425 g/mol. The van der Waals surface area contributed by atoms with Gasteiger partial charge >= 0.3 is 0 Å². The minimum Gasteiger partial charge on any atom is -0.382 e. The minimum absolute atomic E-state index is 0. The molecule has 130 valence electrons. The Morgan fingerprint density at radius 1 is 1.14 bits per heavy atom. The molecule has 0 unspecified atom stereocenters. The molecule has 0 aromatic heterocycles. The van der Waals surface area contributed by atoms with E-state index in [0.717, 1.165) is 19.0 Å². The van der Waals surface area contributed by atoms with Crippen molar-refractivity contribution in [2.75, 3.05) is 53.6 Å². The van der Waals surface area contributed by atoms with E-state index in [2.05, 4.69) is 15.2 Å². The lowest BCUT2D eigenvalue weighted by Gasteiger charge is -2.33. The number of hydrogen-bond acceptors (Lipinski definition) is 3. The van der Waals surface area contributed by atoms with Crippen LogP contribution in [0.15, 0.2) is 4.99 Å². The van der Waals surface area contributed by atoms with Crippen LogP contribution in [0.3, 0.4) is 0 Å². The summed E-state index contributed by atoms with van der Waals surface area (Å²) in [5.41, 5.74) is 0.574. The minimum atomic E-state index is 0. The Morgan fingerprint density at radius 3 is 2.59 bits per heavy atom. The van der Waals surface area contributed by atoms with Crippen LogP contribution < -0.4 is 5.32 Å². The van der Waals surface area contributed by atoms with Gasteiger partial charge in [-0.25, -0.2) is 0 Å². The summed E-state index contributed by atoms with van der Waals surface area (Å²) in [4.78, 5) is 6.86. The number of methoxy groups -OCH3 is 1. The van der Waals surface area contributed by atoms with Crippen molar-refractivity contribution in [3.8, 4) is 0 Å². The van der Waals surface area contributed by atoms with Gasteiger partial charge in [-0.05, 0) is 24.7 Å². The Morgan fingerprint density at radius 2 is 1.91 bits per heavy atom. The summed E-state index contributed by atoms with van der Waals surface area (Å²) in [5, 5.41) is 3.42. The van der Waals surface area contributed by atoms with Gasteiger partial charge in [0.2, 0.25) is 0 Å². The molecule has 0 aromatic rings. The zero-order chi connectivity index (χ0) is 15.0. The van der Waals surface area contributed by atoms with Crippen molar-refractivity contribution < 1.29 is 9.47 Å². The number of ether oxygens (including phenoxy) is 2. The van der Waals surface area contributed by atoms with Crippen molar-refractivity contribution in [1.82, 2.24) is 10.2 Å². The third-order valence-corrected chi connectivity index (χ3v) is 4.83. The van der Waals surface area contributed by atoms with E-state index in [4.69, 9.17) is 9.47 Å². The molecule has 0 atom stereocenters. The fourth-order valence-corrected chi connectivity index (χ4v) is 3.64. The third-order valence-electron chi connectivity index (χ3n) is 4.83. The first kappa shape index (κ1) is 20.0. The molecule has 1 aliphatic carbocycles. The molecule has 0 aromatic carbocycles. The molecular formula is C16H32IN3O2. The fraction of sp³-hybridized carbons (Fsp3) is 0.938. The lowest BCUT2D eigenvalue weighted by atomic mass is 9.73. The van der Waals surface area contributed by atoms with Crippen molar-refractivity contribution in [1.29, 1.82) is 0 Å². The van der Waals surface area contributed by atoms with Crippen LogP contribution in [-0.2, 0) is 9.47 Å². The number of nitrogens with zero attached hydrogens (tertiary/aromatic N) is 2. The van der Waals surface area contributed by atoms with Gasteiger partial charge in [0.05, 0.1) is 19.8 Å². The summed E-state index contributed by atoms with van der Waals surface area (Å²) in [6.45, 7) is 5.13. The first-order chi connectivity index (χ1) is 10.3. The molecule has 6 heteroatoms. The van der Waals surface area contributed by atoms with Gasteiger partial charge in [0.1, 0.15) is 0 Å². The topological polar surface area (TPSA) is 46.1 Å². The molecule has 1 spiro atoms. The van der Waals surface area contributed by atoms with E-state index in [1.807, 2.05) is 7.05 Å². The van der Waals surface area contributed by atoms with Crippen molar-refractivity contribution in [2.24, 2.45) is 10.4 Å². The molecule has 22 heavy (non-hydrogen) atoms. The Hall–Kier alpha value is -0.0800. The zero-order valence-corrected chi connectivity index (χ0v) is 16.4. The van der Waals surface area contributed by atoms with Crippen LogP contribution in [0, 0.1) is 5.41 Å². The molecule has 1 saturated heterocycles. The van der Waals surface area contributed by atoms with Gasteiger partial charge in [-0.2, -0.15) is 0 Å². The van der Waals surface area contributed by atoms with Crippen molar-refractivity contribution in [3.05, 3.63) is 0 Å². The number of aliphatic imine (C=N–C) groups is 1. The standard InChI is InChI=1S/C16H31N3O2.HI/c1-17-15(18-9-11-21-13-12-20-2)19-10-8-16(14-19)6-4-3-5-7-16;/h3-14H2,1-2H3,(H,17,18);1H. The highest BCUT2D eigenvalue weighted by Gasteiger charge is 2.39. The maximum absolute atomic E-state index is 5.48. The van der Waals surface area contributed by atoms with Crippen molar-refractivity contribution in [2.45, 2.75) is 38.5 Å². The lowest BCUT2D eigenvalue weighted by molar-refractivity contribution is 0.0731. The lowest BCUT2D eigenvalue weighted by Crippen LogP contribution is -2.42. The average Bonchev–Trinajstić information content (AvgIpc) is 2.91. The highest BCUT2D eigenvalue weighted by atomic mass is 127. The van der Waals surface area contributed by atoms with Crippen LogP contribution in [0.25, 0.3) is 0 Å². The predicted molar refractivity (Wildman–Crippen MR) is 101 cm³/mol. The predicted octanol–water partition coefficient (Wildman–Crippen LogP) is 2.50. The van der Waals surface area contributed by atoms with Gasteiger partial charge in [-0.3, -0.25) is 4.99 Å². The van der Waals surface area contributed by atoms with Gasteiger partial charge in [-0.1, -0.05) is 19.3 Å². The van der Waals surface area contributed by atoms with Crippen molar-refractivity contribution in [3.63, 3.8) is 0 Å². The van der Waals surface area contributed by atoms with Gasteiger partial charge in [0.25, 0.3) is 0 Å². The van der Waals surface area contributed by atoms with Crippen molar-refractivity contribution >= 4 is 29.9 Å². The van der Waals surface area contributed by atoms with E-state index in [0.29, 0.717) is 25.2 Å². The molecule has 0 amide bonds. The SMILES string of the molecule is CN=C(NCCOCCOC)N1CCC2(CCCCC2)C1.I. The molecule has 2 aliphatic rings. The Bertz CT molecular complexity index is 333. The maximum atomic E-state index is 5.48. The summed E-state index contributed by atoms with van der Waals surface area (Å²) in [6, 6.07) is 0. The molecule has 1 N–H and O–H groups in total. The van der Waals surface area contributed by atoms with Gasteiger partial charge in [0.15, 0.2) is 5.96 Å². The second-order valence-electron chi connectivity index (χ2n) is 6.31. The molecule has 2 fully saturated rings. The van der Waals surface area contributed by atoms with E-state index in [1.165, 1.54) is 45.1 Å². The molecule has 5 nitrogen and oxygen atoms in total. The Kier molecular flexibility index (Phi) is 9.66. The first-order valence-corrected chi connectivity index (χ1v) is 8.32. The first-order valence-electron chi connectivity index (χ1n) is 8.32. The summed E-state index contributed by atoms with van der Waals surface area (Å²) in [7, 11) is 3.57. The summed E-state index contributed by atoms with van der Waals surface area (Å²) in [5.74, 6) is 1.03. The summed E-state index contributed by atoms with van der Waals surface area (Å²) >= 11 is 0. The van der Waals surface area contributed by atoms with E-state index >= 15 is 0 Å². The van der Waals surface area contributed by atoms with Gasteiger partial charge < -0.3 is 19.7 Å². The molecule has 1 aliphatic heterocycles. The summed E-state index contributed by atoms with van der Waals surface area (Å²) < 4.78 is 10.4. The largest absolute Gasteiger partial charge is 0.382 e. The maximum Gasteiger partial charge on any atom is 0.193 e. The molecule has 1 heterocycles. The van der Waals surface area contributed by atoms with Crippen LogP contribution >= 0.6 is 24.0 Å². The van der Waals surface area contributed by atoms with Crippen LogP contribution in [0.2, 0.25) is 0 Å². The number of nitrogens with one attached hydrogen (secondary N) is 1. The molecular weight excluding hydrogens is 393 g/mol. The average molecular weight is 425 g/mol. The van der Waals surface area contributed by atoms with Gasteiger partial charge in [0, 0.05) is 33.8 Å². The number of hydrogen-bond donors (Lipinski definition) is 1. The Balaban J connectivity index is 0.00000242. The number of likely N-dealkylation sites (tertiary alicyclic amines) is 1. The third kappa shape index (κ3) is 5.85. The molecule has 1 saturated carbocycles. The van der Waals surface area contributed by atoms with Crippen LogP contribution in [0.4, 0.5) is 0 Å². The highest BCUT2D eigenvalue weighted by Crippen LogP contribution is 2.43. The number of guanidine groups is 1. The van der Waals surface area contributed by atoms with E-state index < -0.39 is 0 Å². The normalized spacial score (nSPS) is 21.0.